The molecule has 1 aromatic heterocycles. The van der Waals surface area contributed by atoms with Gasteiger partial charge in [-0.25, -0.2) is 4.98 Å². The summed E-state index contributed by atoms with van der Waals surface area (Å²) in [5.41, 5.74) is 3.80. The van der Waals surface area contributed by atoms with Crippen molar-refractivity contribution in [3.8, 4) is 5.88 Å². The minimum Gasteiger partial charge on any atom is -0.478 e. The Bertz CT molecular complexity index is 294. The van der Waals surface area contributed by atoms with Crippen LogP contribution in [0, 0.1) is 13.8 Å². The van der Waals surface area contributed by atoms with E-state index in [1.165, 1.54) is 16.7 Å². The summed E-state index contributed by atoms with van der Waals surface area (Å²) in [6.07, 6.45) is 2.93. The Balaban J connectivity index is 3.11. The second kappa shape index (κ2) is 4.26. The maximum Gasteiger partial charge on any atom is 0.216 e. The second-order valence-electron chi connectivity index (χ2n) is 3.14. The van der Waals surface area contributed by atoms with Gasteiger partial charge in [-0.3, -0.25) is 0 Å². The van der Waals surface area contributed by atoms with Gasteiger partial charge < -0.3 is 4.74 Å². The lowest BCUT2D eigenvalue weighted by molar-refractivity contribution is 0.323. The highest BCUT2D eigenvalue weighted by Crippen LogP contribution is 2.21. The van der Waals surface area contributed by atoms with Gasteiger partial charge in [0.1, 0.15) is 0 Å². The lowest BCUT2D eigenvalue weighted by Gasteiger charge is -2.11. The number of hydrogen-bond donors (Lipinski definition) is 0. The summed E-state index contributed by atoms with van der Waals surface area (Å²) in [5.74, 6) is 0.782. The highest BCUT2D eigenvalue weighted by molar-refractivity contribution is 5.38. The first-order valence-electron chi connectivity index (χ1n) is 4.78. The zero-order valence-electron chi connectivity index (χ0n) is 8.85. The van der Waals surface area contributed by atoms with Gasteiger partial charge in [0.25, 0.3) is 0 Å². The summed E-state index contributed by atoms with van der Waals surface area (Å²) in [5, 5.41) is 0. The van der Waals surface area contributed by atoms with Gasteiger partial charge in [-0.15, -0.1) is 0 Å². The molecule has 1 heterocycles. The highest BCUT2D eigenvalue weighted by Gasteiger charge is 2.07. The fraction of sp³-hybridized carbons (Fsp3) is 0.545. The molecule has 0 spiro atoms. The van der Waals surface area contributed by atoms with E-state index in [2.05, 4.69) is 25.8 Å². The Morgan fingerprint density at radius 3 is 2.54 bits per heavy atom. The molecule has 0 unspecified atom stereocenters. The number of pyridine rings is 1. The van der Waals surface area contributed by atoms with Crippen LogP contribution < -0.4 is 4.74 Å². The van der Waals surface area contributed by atoms with Gasteiger partial charge in [-0.1, -0.05) is 6.92 Å². The van der Waals surface area contributed by atoms with Crippen LogP contribution in [0.25, 0.3) is 0 Å². The molecule has 1 aromatic rings. The van der Waals surface area contributed by atoms with Gasteiger partial charge in [0, 0.05) is 11.8 Å². The zero-order chi connectivity index (χ0) is 9.84. The van der Waals surface area contributed by atoms with Gasteiger partial charge in [0.2, 0.25) is 5.88 Å². The Hall–Kier alpha value is -1.05. The first kappa shape index (κ1) is 10.0. The number of rotatable bonds is 3. The van der Waals surface area contributed by atoms with Crippen molar-refractivity contribution in [3.05, 3.63) is 22.9 Å². The molecule has 2 nitrogen and oxygen atoms in total. The number of aryl methyl sites for hydroxylation is 1. The molecule has 0 aliphatic carbocycles. The number of aromatic nitrogens is 1. The van der Waals surface area contributed by atoms with Crippen molar-refractivity contribution in [2.24, 2.45) is 0 Å². The summed E-state index contributed by atoms with van der Waals surface area (Å²) in [7, 11) is 0. The Kier molecular flexibility index (Phi) is 3.29. The van der Waals surface area contributed by atoms with E-state index < -0.39 is 0 Å². The molecule has 0 amide bonds. The number of hydrogen-bond acceptors (Lipinski definition) is 2. The summed E-state index contributed by atoms with van der Waals surface area (Å²) < 4.78 is 5.42. The molecule has 0 saturated carbocycles. The topological polar surface area (TPSA) is 22.1 Å². The average Bonchev–Trinajstić information content (AvgIpc) is 2.11. The largest absolute Gasteiger partial charge is 0.478 e. The SMILES string of the molecule is CCOc1ncc(C)c(CC)c1C. The maximum absolute atomic E-state index is 5.42. The van der Waals surface area contributed by atoms with Crippen LogP contribution in [-0.2, 0) is 6.42 Å². The van der Waals surface area contributed by atoms with Gasteiger partial charge in [-0.05, 0) is 38.3 Å². The number of ether oxygens (including phenoxy) is 1. The van der Waals surface area contributed by atoms with Gasteiger partial charge >= 0.3 is 0 Å². The van der Waals surface area contributed by atoms with Crippen molar-refractivity contribution in [2.75, 3.05) is 6.61 Å². The molecular weight excluding hydrogens is 162 g/mol. The minimum absolute atomic E-state index is 0.681. The van der Waals surface area contributed by atoms with Crippen molar-refractivity contribution in [3.63, 3.8) is 0 Å². The first-order valence-corrected chi connectivity index (χ1v) is 4.78. The van der Waals surface area contributed by atoms with E-state index in [9.17, 15) is 0 Å². The van der Waals surface area contributed by atoms with Crippen LogP contribution in [-0.4, -0.2) is 11.6 Å². The van der Waals surface area contributed by atoms with Crippen molar-refractivity contribution in [1.82, 2.24) is 4.98 Å². The van der Waals surface area contributed by atoms with Crippen LogP contribution in [0.15, 0.2) is 6.20 Å². The third-order valence-corrected chi connectivity index (χ3v) is 2.26. The molecule has 0 aliphatic rings. The van der Waals surface area contributed by atoms with Crippen LogP contribution in [0.1, 0.15) is 30.5 Å². The van der Waals surface area contributed by atoms with E-state index in [1.807, 2.05) is 13.1 Å². The minimum atomic E-state index is 0.681. The molecule has 0 radical (unpaired) electrons. The molecule has 0 N–H and O–H groups in total. The van der Waals surface area contributed by atoms with Crippen LogP contribution in [0.4, 0.5) is 0 Å². The summed E-state index contributed by atoms with van der Waals surface area (Å²) in [4.78, 5) is 4.25. The molecule has 0 saturated heterocycles. The van der Waals surface area contributed by atoms with Crippen LogP contribution in [0.2, 0.25) is 0 Å². The highest BCUT2D eigenvalue weighted by atomic mass is 16.5. The van der Waals surface area contributed by atoms with Crippen molar-refractivity contribution in [1.29, 1.82) is 0 Å². The van der Waals surface area contributed by atoms with E-state index in [0.29, 0.717) is 6.61 Å². The summed E-state index contributed by atoms with van der Waals surface area (Å²) in [6.45, 7) is 8.98. The second-order valence-corrected chi connectivity index (χ2v) is 3.14. The van der Waals surface area contributed by atoms with E-state index >= 15 is 0 Å². The molecular formula is C11H17NO. The van der Waals surface area contributed by atoms with Crippen molar-refractivity contribution >= 4 is 0 Å². The lowest BCUT2D eigenvalue weighted by atomic mass is 10.0. The van der Waals surface area contributed by atoms with Gasteiger partial charge in [-0.2, -0.15) is 0 Å². The summed E-state index contributed by atoms with van der Waals surface area (Å²) >= 11 is 0. The first-order chi connectivity index (χ1) is 6.20. The van der Waals surface area contributed by atoms with Crippen molar-refractivity contribution in [2.45, 2.75) is 34.1 Å². The van der Waals surface area contributed by atoms with Crippen LogP contribution >= 0.6 is 0 Å². The summed E-state index contributed by atoms with van der Waals surface area (Å²) in [6, 6.07) is 0. The van der Waals surface area contributed by atoms with Crippen LogP contribution in [0.3, 0.4) is 0 Å². The molecule has 0 atom stereocenters. The van der Waals surface area contributed by atoms with Crippen LogP contribution in [0.5, 0.6) is 5.88 Å². The maximum atomic E-state index is 5.42. The predicted octanol–water partition coefficient (Wildman–Crippen LogP) is 2.66. The number of nitrogens with zero attached hydrogens (tertiary/aromatic N) is 1. The monoisotopic (exact) mass is 179 g/mol. The zero-order valence-corrected chi connectivity index (χ0v) is 8.85. The Morgan fingerprint density at radius 1 is 1.31 bits per heavy atom. The van der Waals surface area contributed by atoms with Gasteiger partial charge in [0.05, 0.1) is 6.61 Å². The lowest BCUT2D eigenvalue weighted by Crippen LogP contribution is -2.01. The molecule has 13 heavy (non-hydrogen) atoms. The van der Waals surface area contributed by atoms with E-state index in [-0.39, 0.29) is 0 Å². The third-order valence-electron chi connectivity index (χ3n) is 2.26. The van der Waals surface area contributed by atoms with E-state index in [0.717, 1.165) is 12.3 Å². The van der Waals surface area contributed by atoms with Crippen molar-refractivity contribution < 1.29 is 4.74 Å². The molecule has 0 bridgehead atoms. The molecule has 1 rings (SSSR count). The predicted molar refractivity (Wildman–Crippen MR) is 54.3 cm³/mol. The quantitative estimate of drug-likeness (QED) is 0.711. The average molecular weight is 179 g/mol. The third kappa shape index (κ3) is 2.00. The molecule has 72 valence electrons. The van der Waals surface area contributed by atoms with Gasteiger partial charge in [0.15, 0.2) is 0 Å². The molecule has 0 aliphatic heterocycles. The fourth-order valence-corrected chi connectivity index (χ4v) is 1.58. The fourth-order valence-electron chi connectivity index (χ4n) is 1.58. The van der Waals surface area contributed by atoms with E-state index in [4.69, 9.17) is 4.74 Å². The Labute approximate surface area is 80.0 Å². The van der Waals surface area contributed by atoms with E-state index in [1.54, 1.807) is 0 Å². The Morgan fingerprint density at radius 2 is 2.00 bits per heavy atom. The standard InChI is InChI=1S/C11H17NO/c1-5-10-8(3)7-12-11(9(10)4)13-6-2/h7H,5-6H2,1-4H3. The molecule has 2 heteroatoms. The normalized spacial score (nSPS) is 10.2. The molecule has 0 aromatic carbocycles. The molecule has 0 fully saturated rings. The smallest absolute Gasteiger partial charge is 0.216 e.